The lowest BCUT2D eigenvalue weighted by Crippen LogP contribution is -2.19. The fourth-order valence-electron chi connectivity index (χ4n) is 4.11. The van der Waals surface area contributed by atoms with Crippen LogP contribution in [0.15, 0.2) is 88.5 Å². The first-order valence-electron chi connectivity index (χ1n) is 10.7. The molecular formula is C28H19ClN2O3. The molecule has 5 aromatic rings. The first-order chi connectivity index (χ1) is 16.4. The molecular weight excluding hydrogens is 448 g/mol. The van der Waals surface area contributed by atoms with Crippen LogP contribution < -0.4 is 11.1 Å². The van der Waals surface area contributed by atoms with Gasteiger partial charge >= 0.3 is 0 Å². The Bertz CT molecular complexity index is 1730. The van der Waals surface area contributed by atoms with Crippen LogP contribution in [0.3, 0.4) is 0 Å². The van der Waals surface area contributed by atoms with E-state index in [0.717, 1.165) is 22.0 Å². The molecule has 5 nitrogen and oxygen atoms in total. The number of ketones is 1. The number of halogens is 1. The Balaban J connectivity index is 1.66. The third-order valence-electron chi connectivity index (χ3n) is 5.73. The molecule has 0 aliphatic carbocycles. The van der Waals surface area contributed by atoms with Crippen LogP contribution in [0.1, 0.15) is 21.5 Å². The van der Waals surface area contributed by atoms with Crippen LogP contribution in [0.5, 0.6) is 0 Å². The summed E-state index contributed by atoms with van der Waals surface area (Å²) in [5.41, 5.74) is 3.05. The lowest BCUT2D eigenvalue weighted by molar-refractivity contribution is 0.104. The van der Waals surface area contributed by atoms with Crippen molar-refractivity contribution in [1.29, 1.82) is 0 Å². The summed E-state index contributed by atoms with van der Waals surface area (Å²) in [7, 11) is 0. The Kier molecular flexibility index (Phi) is 5.48. The highest BCUT2D eigenvalue weighted by Gasteiger charge is 2.19. The van der Waals surface area contributed by atoms with Gasteiger partial charge in [-0.1, -0.05) is 54.1 Å². The topological polar surface area (TPSA) is 82.8 Å². The second-order valence-corrected chi connectivity index (χ2v) is 8.54. The highest BCUT2D eigenvalue weighted by Crippen LogP contribution is 2.31. The first-order valence-corrected chi connectivity index (χ1v) is 11.1. The number of hydrogen-bond acceptors (Lipinski definition) is 3. The third-order valence-corrected chi connectivity index (χ3v) is 5.96. The quantitative estimate of drug-likeness (QED) is 0.256. The van der Waals surface area contributed by atoms with Crippen molar-refractivity contribution < 1.29 is 4.79 Å². The Morgan fingerprint density at radius 3 is 2.41 bits per heavy atom. The zero-order valence-corrected chi connectivity index (χ0v) is 18.9. The summed E-state index contributed by atoms with van der Waals surface area (Å²) in [5, 5.41) is 2.00. The van der Waals surface area contributed by atoms with Gasteiger partial charge in [0.15, 0.2) is 5.78 Å². The average molecular weight is 467 g/mol. The van der Waals surface area contributed by atoms with Gasteiger partial charge < -0.3 is 9.97 Å². The van der Waals surface area contributed by atoms with Crippen LogP contribution in [0.2, 0.25) is 5.02 Å². The molecule has 2 aromatic heterocycles. The van der Waals surface area contributed by atoms with Crippen LogP contribution in [0, 0.1) is 6.92 Å². The molecule has 0 atom stereocenters. The molecule has 6 heteroatoms. The summed E-state index contributed by atoms with van der Waals surface area (Å²) < 4.78 is 0. The highest BCUT2D eigenvalue weighted by molar-refractivity contribution is 6.31. The standard InChI is InChI=1S/C28H19ClN2O3/c1-16-7-8-18-14-19(27(33)31-23(18)13-16)9-12-24(32)26-25(17-5-3-2-4-6-17)21-15-20(29)10-11-22(21)30-28(26)34/h2-15H,1H3,(H,30,34)(H,31,33). The summed E-state index contributed by atoms with van der Waals surface area (Å²) in [5.74, 6) is -0.509. The molecule has 0 saturated carbocycles. The van der Waals surface area contributed by atoms with Gasteiger partial charge in [-0.2, -0.15) is 0 Å². The number of rotatable bonds is 4. The second-order valence-electron chi connectivity index (χ2n) is 8.10. The maximum Gasteiger partial charge on any atom is 0.260 e. The maximum absolute atomic E-state index is 13.3. The van der Waals surface area contributed by atoms with Crippen molar-refractivity contribution in [3.8, 4) is 11.1 Å². The summed E-state index contributed by atoms with van der Waals surface area (Å²) in [4.78, 5) is 44.5. The van der Waals surface area contributed by atoms with Gasteiger partial charge in [-0.25, -0.2) is 0 Å². The molecule has 0 bridgehead atoms. The number of carbonyl (C=O) groups excluding carboxylic acids is 1. The number of nitrogens with one attached hydrogen (secondary N) is 2. The lowest BCUT2D eigenvalue weighted by Gasteiger charge is -2.11. The van der Waals surface area contributed by atoms with Crippen LogP contribution in [0.4, 0.5) is 0 Å². The van der Waals surface area contributed by atoms with Crippen molar-refractivity contribution in [2.24, 2.45) is 0 Å². The molecule has 3 aromatic carbocycles. The third kappa shape index (κ3) is 3.98. The van der Waals surface area contributed by atoms with Crippen molar-refractivity contribution in [1.82, 2.24) is 9.97 Å². The number of fused-ring (bicyclic) bond motifs is 2. The average Bonchev–Trinajstić information content (AvgIpc) is 2.82. The van der Waals surface area contributed by atoms with Gasteiger partial charge in [0, 0.05) is 32.6 Å². The molecule has 5 rings (SSSR count). The molecule has 0 spiro atoms. The Morgan fingerprint density at radius 1 is 0.853 bits per heavy atom. The lowest BCUT2D eigenvalue weighted by atomic mass is 9.94. The van der Waals surface area contributed by atoms with E-state index >= 15 is 0 Å². The predicted molar refractivity (Wildman–Crippen MR) is 138 cm³/mol. The Hall–Kier alpha value is -4.22. The van der Waals surface area contributed by atoms with Crippen molar-refractivity contribution in [2.75, 3.05) is 0 Å². The number of allylic oxidation sites excluding steroid dienone is 1. The number of carbonyl (C=O) groups is 1. The summed E-state index contributed by atoms with van der Waals surface area (Å²) in [6, 6.07) is 21.8. The van der Waals surface area contributed by atoms with Crippen LogP contribution in [-0.2, 0) is 0 Å². The van der Waals surface area contributed by atoms with E-state index in [2.05, 4.69) is 9.97 Å². The van der Waals surface area contributed by atoms with E-state index in [1.807, 2.05) is 55.5 Å². The van der Waals surface area contributed by atoms with Crippen LogP contribution in [-0.4, -0.2) is 15.8 Å². The maximum atomic E-state index is 13.3. The van der Waals surface area contributed by atoms with Crippen molar-refractivity contribution in [3.63, 3.8) is 0 Å². The molecule has 2 heterocycles. The molecule has 0 saturated heterocycles. The van der Waals surface area contributed by atoms with E-state index < -0.39 is 11.3 Å². The minimum Gasteiger partial charge on any atom is -0.321 e. The van der Waals surface area contributed by atoms with Crippen molar-refractivity contribution in [3.05, 3.63) is 121 Å². The van der Waals surface area contributed by atoms with Crippen LogP contribution in [0.25, 0.3) is 39.0 Å². The van der Waals surface area contributed by atoms with Crippen molar-refractivity contribution >= 4 is 45.3 Å². The van der Waals surface area contributed by atoms with E-state index in [0.29, 0.717) is 27.1 Å². The Labute approximate surface area is 199 Å². The van der Waals surface area contributed by atoms with Gasteiger partial charge in [0.1, 0.15) is 0 Å². The van der Waals surface area contributed by atoms with Gasteiger partial charge in [-0.3, -0.25) is 14.4 Å². The molecule has 0 amide bonds. The number of benzene rings is 3. The number of H-pyrrole nitrogens is 2. The molecule has 0 aliphatic heterocycles. The molecule has 0 fully saturated rings. The summed E-state index contributed by atoms with van der Waals surface area (Å²) in [6.45, 7) is 1.95. The molecule has 0 unspecified atom stereocenters. The molecule has 166 valence electrons. The number of pyridine rings is 2. The molecule has 0 aliphatic rings. The van der Waals surface area contributed by atoms with E-state index in [9.17, 15) is 14.4 Å². The molecule has 34 heavy (non-hydrogen) atoms. The highest BCUT2D eigenvalue weighted by atomic mass is 35.5. The Morgan fingerprint density at radius 2 is 1.62 bits per heavy atom. The summed E-state index contributed by atoms with van der Waals surface area (Å²) in [6.07, 6.45) is 2.70. The number of hydrogen-bond donors (Lipinski definition) is 2. The fourth-order valence-corrected chi connectivity index (χ4v) is 4.28. The zero-order valence-electron chi connectivity index (χ0n) is 18.2. The van der Waals surface area contributed by atoms with Gasteiger partial charge in [-0.15, -0.1) is 0 Å². The smallest absolute Gasteiger partial charge is 0.260 e. The zero-order chi connectivity index (χ0) is 23.8. The van der Waals surface area contributed by atoms with E-state index in [1.165, 1.54) is 12.2 Å². The minimum absolute atomic E-state index is 0.00920. The first kappa shape index (κ1) is 21.6. The minimum atomic E-state index is -0.509. The molecule has 0 radical (unpaired) electrons. The van der Waals surface area contributed by atoms with Gasteiger partial charge in [0.05, 0.1) is 5.56 Å². The van der Waals surface area contributed by atoms with Gasteiger partial charge in [0.2, 0.25) is 0 Å². The monoisotopic (exact) mass is 466 g/mol. The van der Waals surface area contributed by atoms with E-state index in [4.69, 9.17) is 11.6 Å². The predicted octanol–water partition coefficient (Wildman–Crippen LogP) is 5.89. The van der Waals surface area contributed by atoms with Crippen molar-refractivity contribution in [2.45, 2.75) is 6.92 Å². The molecule has 2 N–H and O–H groups in total. The van der Waals surface area contributed by atoms with Gasteiger partial charge in [-0.05, 0) is 65.9 Å². The largest absolute Gasteiger partial charge is 0.321 e. The van der Waals surface area contributed by atoms with Gasteiger partial charge in [0.25, 0.3) is 11.1 Å². The number of aromatic amines is 2. The van der Waals surface area contributed by atoms with E-state index in [-0.39, 0.29) is 11.1 Å². The van der Waals surface area contributed by atoms with Crippen LogP contribution >= 0.6 is 11.6 Å². The normalized spacial score (nSPS) is 11.5. The second kappa shape index (κ2) is 8.61. The van der Waals surface area contributed by atoms with E-state index in [1.54, 1.807) is 24.3 Å². The number of aromatic nitrogens is 2. The summed E-state index contributed by atoms with van der Waals surface area (Å²) >= 11 is 6.24. The SMILES string of the molecule is Cc1ccc2cc(C=CC(=O)c3c(-c4ccccc4)c4cc(Cl)ccc4[nH]c3=O)c(=O)[nH]c2c1. The fraction of sp³-hybridized carbons (Fsp3) is 0.0357. The number of aryl methyl sites for hydroxylation is 1.